The zero-order valence-electron chi connectivity index (χ0n) is 10.4. The maximum atomic E-state index is 10.9. The van der Waals surface area contributed by atoms with E-state index in [0.717, 1.165) is 5.69 Å². The van der Waals surface area contributed by atoms with Crippen molar-refractivity contribution in [1.29, 1.82) is 0 Å². The average molecular weight is 321 g/mol. The van der Waals surface area contributed by atoms with Gasteiger partial charge in [0.2, 0.25) is 0 Å². The number of rotatable bonds is 4. The molecule has 0 radical (unpaired) electrons. The smallest absolute Gasteiger partial charge is 0.285 e. The van der Waals surface area contributed by atoms with Gasteiger partial charge in [-0.1, -0.05) is 24.3 Å². The Bertz CT molecular complexity index is 614. The predicted octanol–water partition coefficient (Wildman–Crippen LogP) is 4.28. The molecule has 0 saturated heterocycles. The summed E-state index contributed by atoms with van der Waals surface area (Å²) in [6.07, 6.45) is 0. The van der Waals surface area contributed by atoms with Crippen LogP contribution >= 0.6 is 15.9 Å². The first kappa shape index (κ1) is 13.5. The van der Waals surface area contributed by atoms with E-state index in [1.165, 1.54) is 17.2 Å². The molecular weight excluding hydrogens is 308 g/mol. The molecule has 5 heteroatoms. The van der Waals surface area contributed by atoms with Crippen LogP contribution in [0.3, 0.4) is 0 Å². The predicted molar refractivity (Wildman–Crippen MR) is 79.3 cm³/mol. The molecule has 0 atom stereocenters. The van der Waals surface area contributed by atoms with Gasteiger partial charge in [-0.05, 0) is 46.1 Å². The third kappa shape index (κ3) is 3.32. The molecule has 0 saturated carbocycles. The van der Waals surface area contributed by atoms with Gasteiger partial charge in [-0.25, -0.2) is 0 Å². The van der Waals surface area contributed by atoms with Crippen molar-refractivity contribution < 1.29 is 4.92 Å². The second kappa shape index (κ2) is 5.84. The molecule has 0 aliphatic rings. The molecule has 0 aliphatic heterocycles. The Morgan fingerprint density at radius 1 is 1.26 bits per heavy atom. The molecule has 0 fully saturated rings. The number of benzene rings is 2. The fourth-order valence-electron chi connectivity index (χ4n) is 1.77. The van der Waals surface area contributed by atoms with Crippen LogP contribution in [0.2, 0.25) is 0 Å². The molecular formula is C14H13BrN2O2. The Morgan fingerprint density at radius 2 is 2.00 bits per heavy atom. The van der Waals surface area contributed by atoms with Crippen molar-refractivity contribution >= 4 is 27.3 Å². The Morgan fingerprint density at radius 3 is 2.68 bits per heavy atom. The summed E-state index contributed by atoms with van der Waals surface area (Å²) in [6.45, 7) is 2.69. The van der Waals surface area contributed by atoms with Crippen molar-refractivity contribution in [3.63, 3.8) is 0 Å². The van der Waals surface area contributed by atoms with Crippen molar-refractivity contribution in [1.82, 2.24) is 0 Å². The Labute approximate surface area is 119 Å². The summed E-state index contributed by atoms with van der Waals surface area (Å²) in [6, 6.07) is 13.1. The molecule has 19 heavy (non-hydrogen) atoms. The van der Waals surface area contributed by atoms with Crippen LogP contribution < -0.4 is 5.32 Å². The monoisotopic (exact) mass is 320 g/mol. The maximum Gasteiger partial charge on any atom is 0.285 e. The molecule has 2 aromatic rings. The standard InChI is InChI=1S/C14H13BrN2O2/c1-10-4-2-3-5-11(10)9-16-12-6-7-13(15)14(8-12)17(18)19/h2-8,16H,9H2,1H3. The van der Waals surface area contributed by atoms with Gasteiger partial charge < -0.3 is 5.32 Å². The van der Waals surface area contributed by atoms with Crippen LogP contribution in [0, 0.1) is 17.0 Å². The maximum absolute atomic E-state index is 10.9. The summed E-state index contributed by atoms with van der Waals surface area (Å²) in [7, 11) is 0. The molecule has 1 N–H and O–H groups in total. The van der Waals surface area contributed by atoms with Gasteiger partial charge in [0.05, 0.1) is 9.40 Å². The van der Waals surface area contributed by atoms with E-state index in [-0.39, 0.29) is 5.69 Å². The normalized spacial score (nSPS) is 10.2. The molecule has 2 aromatic carbocycles. The lowest BCUT2D eigenvalue weighted by Crippen LogP contribution is -2.01. The third-order valence-corrected chi connectivity index (χ3v) is 3.56. The molecule has 0 aromatic heterocycles. The van der Waals surface area contributed by atoms with E-state index in [1.54, 1.807) is 6.07 Å². The Hall–Kier alpha value is -1.88. The summed E-state index contributed by atoms with van der Waals surface area (Å²) in [5, 5.41) is 14.0. The van der Waals surface area contributed by atoms with Gasteiger partial charge in [-0.2, -0.15) is 0 Å². The second-order valence-corrected chi connectivity index (χ2v) is 5.06. The van der Waals surface area contributed by atoms with Crippen LogP contribution in [0.1, 0.15) is 11.1 Å². The van der Waals surface area contributed by atoms with Gasteiger partial charge in [-0.3, -0.25) is 10.1 Å². The van der Waals surface area contributed by atoms with E-state index in [4.69, 9.17) is 0 Å². The van der Waals surface area contributed by atoms with Crippen molar-refractivity contribution in [2.45, 2.75) is 13.5 Å². The second-order valence-electron chi connectivity index (χ2n) is 4.20. The molecule has 0 spiro atoms. The van der Waals surface area contributed by atoms with E-state index in [1.807, 2.05) is 37.3 Å². The third-order valence-electron chi connectivity index (χ3n) is 2.89. The lowest BCUT2D eigenvalue weighted by Gasteiger charge is -2.09. The molecule has 0 amide bonds. The number of nitro benzene ring substituents is 1. The van der Waals surface area contributed by atoms with Gasteiger partial charge in [0.15, 0.2) is 0 Å². The summed E-state index contributed by atoms with van der Waals surface area (Å²) in [4.78, 5) is 10.5. The van der Waals surface area contributed by atoms with E-state index >= 15 is 0 Å². The lowest BCUT2D eigenvalue weighted by atomic mass is 10.1. The largest absolute Gasteiger partial charge is 0.381 e. The number of nitrogens with zero attached hydrogens (tertiary/aromatic N) is 1. The van der Waals surface area contributed by atoms with Crippen LogP contribution in [0.15, 0.2) is 46.9 Å². The van der Waals surface area contributed by atoms with Gasteiger partial charge in [0.25, 0.3) is 5.69 Å². The summed E-state index contributed by atoms with van der Waals surface area (Å²) < 4.78 is 0.485. The summed E-state index contributed by atoms with van der Waals surface area (Å²) in [5.74, 6) is 0. The Kier molecular flexibility index (Phi) is 4.16. The summed E-state index contributed by atoms with van der Waals surface area (Å²) in [5.41, 5.74) is 3.17. The molecule has 2 rings (SSSR count). The molecule has 4 nitrogen and oxygen atoms in total. The van der Waals surface area contributed by atoms with Crippen LogP contribution in [0.5, 0.6) is 0 Å². The molecule has 0 heterocycles. The highest BCUT2D eigenvalue weighted by Crippen LogP contribution is 2.28. The lowest BCUT2D eigenvalue weighted by molar-refractivity contribution is -0.385. The topological polar surface area (TPSA) is 55.2 Å². The van der Waals surface area contributed by atoms with E-state index in [9.17, 15) is 10.1 Å². The molecule has 0 aliphatic carbocycles. The minimum atomic E-state index is -0.400. The van der Waals surface area contributed by atoms with Crippen molar-refractivity contribution in [2.24, 2.45) is 0 Å². The number of anilines is 1. The highest BCUT2D eigenvalue weighted by molar-refractivity contribution is 9.10. The SMILES string of the molecule is Cc1ccccc1CNc1ccc(Br)c([N+](=O)[O-])c1. The molecule has 0 unspecified atom stereocenters. The van der Waals surface area contributed by atoms with Gasteiger partial charge in [-0.15, -0.1) is 0 Å². The first-order valence-corrected chi connectivity index (χ1v) is 6.59. The zero-order valence-corrected chi connectivity index (χ0v) is 12.0. The number of hydrogen-bond donors (Lipinski definition) is 1. The quantitative estimate of drug-likeness (QED) is 0.675. The van der Waals surface area contributed by atoms with Crippen LogP contribution in [0.25, 0.3) is 0 Å². The number of nitrogens with one attached hydrogen (secondary N) is 1. The zero-order chi connectivity index (χ0) is 13.8. The first-order chi connectivity index (χ1) is 9.08. The van der Waals surface area contributed by atoms with E-state index < -0.39 is 4.92 Å². The average Bonchev–Trinajstić information content (AvgIpc) is 2.39. The first-order valence-electron chi connectivity index (χ1n) is 5.80. The minimum absolute atomic E-state index is 0.0646. The van der Waals surface area contributed by atoms with Gasteiger partial charge in [0.1, 0.15) is 0 Å². The number of aryl methyl sites for hydroxylation is 1. The summed E-state index contributed by atoms with van der Waals surface area (Å²) >= 11 is 3.17. The van der Waals surface area contributed by atoms with Crippen LogP contribution in [-0.4, -0.2) is 4.92 Å². The van der Waals surface area contributed by atoms with Crippen molar-refractivity contribution in [3.05, 3.63) is 68.2 Å². The van der Waals surface area contributed by atoms with Gasteiger partial charge >= 0.3 is 0 Å². The van der Waals surface area contributed by atoms with Gasteiger partial charge in [0, 0.05) is 18.3 Å². The number of hydrogen-bond acceptors (Lipinski definition) is 3. The molecule has 98 valence electrons. The minimum Gasteiger partial charge on any atom is -0.381 e. The van der Waals surface area contributed by atoms with Crippen molar-refractivity contribution in [2.75, 3.05) is 5.32 Å². The van der Waals surface area contributed by atoms with Crippen molar-refractivity contribution in [3.8, 4) is 0 Å². The van der Waals surface area contributed by atoms with Crippen LogP contribution in [0.4, 0.5) is 11.4 Å². The fourth-order valence-corrected chi connectivity index (χ4v) is 2.16. The molecule has 0 bridgehead atoms. The highest BCUT2D eigenvalue weighted by atomic mass is 79.9. The number of nitro groups is 1. The highest BCUT2D eigenvalue weighted by Gasteiger charge is 2.12. The van der Waals surface area contributed by atoms with Crippen LogP contribution in [-0.2, 0) is 6.54 Å². The number of halogens is 1. The fraction of sp³-hybridized carbons (Fsp3) is 0.143. The Balaban J connectivity index is 2.14. The van der Waals surface area contributed by atoms with E-state index in [0.29, 0.717) is 11.0 Å². The van der Waals surface area contributed by atoms with E-state index in [2.05, 4.69) is 21.2 Å².